The van der Waals surface area contributed by atoms with Crippen molar-refractivity contribution in [3.8, 4) is 0 Å². The number of hydrogen-bond donors (Lipinski definition) is 2. The number of hydrogen-bond acceptors (Lipinski definition) is 6. The minimum Gasteiger partial charge on any atom is -0.387 e. The number of nitrogens with two attached hydrogens (primary N) is 1. The van der Waals surface area contributed by atoms with Crippen LogP contribution in [0.1, 0.15) is 13.8 Å². The lowest BCUT2D eigenvalue weighted by molar-refractivity contribution is -0.214. The third-order valence-electron chi connectivity index (χ3n) is 3.26. The average Bonchev–Trinajstić information content (AvgIpc) is 2.75. The summed E-state index contributed by atoms with van der Waals surface area (Å²) in [4.78, 5) is 11.1. The van der Waals surface area contributed by atoms with Crippen LogP contribution in [0.3, 0.4) is 0 Å². The van der Waals surface area contributed by atoms with E-state index in [1.165, 1.54) is 0 Å². The number of aliphatic hydroxyl groups is 1. The zero-order chi connectivity index (χ0) is 12.4. The highest BCUT2D eigenvalue weighted by Gasteiger charge is 2.62. The van der Waals surface area contributed by atoms with Crippen LogP contribution in [-0.2, 0) is 23.7 Å². The second-order valence-electron chi connectivity index (χ2n) is 4.98. The van der Waals surface area contributed by atoms with Crippen LogP contribution in [0.5, 0.6) is 0 Å². The molecule has 0 bridgehead atoms. The summed E-state index contributed by atoms with van der Waals surface area (Å²) >= 11 is 0. The Hall–Kier alpha value is -0.730. The SMILES string of the molecule is CC1(C)O[C@H]2O[C@@H]3[C@H](O)[C@@H](C(N)=O)O[C@@H]3[C@H]2O1. The van der Waals surface area contributed by atoms with Gasteiger partial charge < -0.3 is 29.8 Å². The van der Waals surface area contributed by atoms with Gasteiger partial charge >= 0.3 is 0 Å². The van der Waals surface area contributed by atoms with Crippen LogP contribution in [0.25, 0.3) is 0 Å². The highest BCUT2D eigenvalue weighted by Crippen LogP contribution is 2.43. The van der Waals surface area contributed by atoms with Crippen LogP contribution in [-0.4, -0.2) is 53.6 Å². The molecule has 0 spiro atoms. The molecule has 0 aromatic rings. The Labute approximate surface area is 97.8 Å². The molecule has 0 aromatic carbocycles. The maximum Gasteiger partial charge on any atom is 0.249 e. The van der Waals surface area contributed by atoms with Crippen molar-refractivity contribution in [2.45, 2.75) is 56.4 Å². The standard InChI is InChI=1S/C10H15NO6/c1-10(2)16-7-6-4(15-9(7)17-10)3(12)5(14-6)8(11)13/h3-7,9,12H,1-2H3,(H2,11,13)/t3-,4+,5-,6-,7+,9+/m0/s1. The van der Waals surface area contributed by atoms with Gasteiger partial charge in [0.1, 0.15) is 24.4 Å². The lowest BCUT2D eigenvalue weighted by Crippen LogP contribution is -2.41. The molecule has 17 heavy (non-hydrogen) atoms. The normalized spacial score (nSPS) is 51.2. The summed E-state index contributed by atoms with van der Waals surface area (Å²) in [5, 5.41) is 9.85. The molecule has 3 heterocycles. The summed E-state index contributed by atoms with van der Waals surface area (Å²) < 4.78 is 22.0. The molecule has 3 aliphatic heterocycles. The Kier molecular flexibility index (Phi) is 2.27. The molecule has 3 saturated heterocycles. The summed E-state index contributed by atoms with van der Waals surface area (Å²) in [7, 11) is 0. The van der Waals surface area contributed by atoms with Crippen molar-refractivity contribution < 1.29 is 28.8 Å². The zero-order valence-corrected chi connectivity index (χ0v) is 9.53. The molecule has 3 rings (SSSR count). The molecule has 0 radical (unpaired) electrons. The Balaban J connectivity index is 1.79. The number of fused-ring (bicyclic) bond motifs is 3. The molecule has 1 amide bonds. The van der Waals surface area contributed by atoms with E-state index in [1.807, 2.05) is 0 Å². The van der Waals surface area contributed by atoms with Crippen molar-refractivity contribution in [1.29, 1.82) is 0 Å². The smallest absolute Gasteiger partial charge is 0.249 e. The predicted molar refractivity (Wildman–Crippen MR) is 52.6 cm³/mol. The van der Waals surface area contributed by atoms with E-state index in [0.29, 0.717) is 0 Å². The molecule has 6 atom stereocenters. The molecule has 3 N–H and O–H groups in total. The molecular formula is C10H15NO6. The van der Waals surface area contributed by atoms with E-state index in [1.54, 1.807) is 13.8 Å². The van der Waals surface area contributed by atoms with Gasteiger partial charge in [-0.2, -0.15) is 0 Å². The van der Waals surface area contributed by atoms with E-state index in [9.17, 15) is 9.90 Å². The maximum absolute atomic E-state index is 11.1. The molecule has 7 heteroatoms. The van der Waals surface area contributed by atoms with Gasteiger partial charge in [0.2, 0.25) is 5.91 Å². The molecule has 7 nitrogen and oxygen atoms in total. The average molecular weight is 245 g/mol. The highest BCUT2D eigenvalue weighted by molar-refractivity contribution is 5.80. The van der Waals surface area contributed by atoms with E-state index >= 15 is 0 Å². The largest absolute Gasteiger partial charge is 0.387 e. The monoisotopic (exact) mass is 245 g/mol. The van der Waals surface area contributed by atoms with Crippen molar-refractivity contribution in [3.63, 3.8) is 0 Å². The van der Waals surface area contributed by atoms with E-state index in [0.717, 1.165) is 0 Å². The fourth-order valence-electron chi connectivity index (χ4n) is 2.59. The summed E-state index contributed by atoms with van der Waals surface area (Å²) in [6, 6.07) is 0. The summed E-state index contributed by atoms with van der Waals surface area (Å²) in [5.41, 5.74) is 5.13. The van der Waals surface area contributed by atoms with Crippen LogP contribution < -0.4 is 5.73 Å². The third kappa shape index (κ3) is 1.58. The van der Waals surface area contributed by atoms with Crippen LogP contribution in [0, 0.1) is 0 Å². The minimum absolute atomic E-state index is 0.436. The van der Waals surface area contributed by atoms with Gasteiger partial charge in [-0.3, -0.25) is 4.79 Å². The number of aliphatic hydroxyl groups excluding tert-OH is 1. The molecular weight excluding hydrogens is 230 g/mol. The van der Waals surface area contributed by atoms with Crippen molar-refractivity contribution >= 4 is 5.91 Å². The van der Waals surface area contributed by atoms with Crippen LogP contribution in [0.15, 0.2) is 0 Å². The van der Waals surface area contributed by atoms with Gasteiger partial charge in [0.25, 0.3) is 0 Å². The number of amides is 1. The topological polar surface area (TPSA) is 100 Å². The molecule has 0 unspecified atom stereocenters. The Morgan fingerprint density at radius 3 is 2.53 bits per heavy atom. The van der Waals surface area contributed by atoms with Crippen molar-refractivity contribution in [2.75, 3.05) is 0 Å². The first-order valence-electron chi connectivity index (χ1n) is 5.53. The van der Waals surface area contributed by atoms with Crippen molar-refractivity contribution in [1.82, 2.24) is 0 Å². The molecule has 0 aromatic heterocycles. The quantitative estimate of drug-likeness (QED) is 0.581. The molecule has 96 valence electrons. The first kappa shape index (κ1) is 11.4. The number of carbonyl (C=O) groups excluding carboxylic acids is 1. The van der Waals surface area contributed by atoms with E-state index in [-0.39, 0.29) is 0 Å². The second kappa shape index (κ2) is 3.39. The zero-order valence-electron chi connectivity index (χ0n) is 9.53. The van der Waals surface area contributed by atoms with Crippen LogP contribution in [0.2, 0.25) is 0 Å². The fourth-order valence-corrected chi connectivity index (χ4v) is 2.59. The fraction of sp³-hybridized carbons (Fsp3) is 0.900. The Morgan fingerprint density at radius 2 is 1.88 bits per heavy atom. The van der Waals surface area contributed by atoms with Gasteiger partial charge in [0.05, 0.1) is 0 Å². The minimum atomic E-state index is -1.07. The van der Waals surface area contributed by atoms with Gasteiger partial charge in [-0.25, -0.2) is 0 Å². The highest BCUT2D eigenvalue weighted by atomic mass is 16.8. The van der Waals surface area contributed by atoms with Crippen molar-refractivity contribution in [2.24, 2.45) is 5.73 Å². The third-order valence-corrected chi connectivity index (χ3v) is 3.26. The summed E-state index contributed by atoms with van der Waals surface area (Å²) in [6.07, 6.45) is -4.26. The van der Waals surface area contributed by atoms with Crippen LogP contribution in [0.4, 0.5) is 0 Å². The molecule has 0 saturated carbocycles. The first-order chi connectivity index (χ1) is 7.89. The molecule has 3 aliphatic rings. The van der Waals surface area contributed by atoms with Gasteiger partial charge in [0.15, 0.2) is 18.2 Å². The van der Waals surface area contributed by atoms with Gasteiger partial charge in [-0.1, -0.05) is 0 Å². The van der Waals surface area contributed by atoms with E-state index in [4.69, 9.17) is 24.7 Å². The Morgan fingerprint density at radius 1 is 1.18 bits per heavy atom. The molecule has 3 fully saturated rings. The molecule has 0 aliphatic carbocycles. The number of carbonyl (C=O) groups is 1. The van der Waals surface area contributed by atoms with Gasteiger partial charge in [0, 0.05) is 0 Å². The lowest BCUT2D eigenvalue weighted by atomic mass is 10.1. The maximum atomic E-state index is 11.1. The predicted octanol–water partition coefficient (Wildman–Crippen LogP) is -1.52. The first-order valence-corrected chi connectivity index (χ1v) is 5.53. The second-order valence-corrected chi connectivity index (χ2v) is 4.98. The van der Waals surface area contributed by atoms with E-state index in [2.05, 4.69) is 0 Å². The van der Waals surface area contributed by atoms with Gasteiger partial charge in [-0.15, -0.1) is 0 Å². The van der Waals surface area contributed by atoms with Gasteiger partial charge in [-0.05, 0) is 13.8 Å². The van der Waals surface area contributed by atoms with Crippen LogP contribution >= 0.6 is 0 Å². The Bertz CT molecular complexity index is 359. The summed E-state index contributed by atoms with van der Waals surface area (Å²) in [5.74, 6) is -1.45. The number of ether oxygens (including phenoxy) is 4. The lowest BCUT2D eigenvalue weighted by Gasteiger charge is -2.21. The number of primary amides is 1. The number of rotatable bonds is 1. The van der Waals surface area contributed by atoms with Crippen molar-refractivity contribution in [3.05, 3.63) is 0 Å². The van der Waals surface area contributed by atoms with E-state index < -0.39 is 48.5 Å². The summed E-state index contributed by atoms with van der Waals surface area (Å²) in [6.45, 7) is 3.53.